The van der Waals surface area contributed by atoms with Crippen LogP contribution in [0.3, 0.4) is 0 Å². The van der Waals surface area contributed by atoms with Crippen molar-refractivity contribution in [3.8, 4) is 34.3 Å². The van der Waals surface area contributed by atoms with Crippen LogP contribution in [0.15, 0.2) is 134 Å². The number of nitrogens with zero attached hydrogens (tertiary/aromatic N) is 9. The minimum atomic E-state index is -0.331. The molecule has 0 N–H and O–H groups in total. The van der Waals surface area contributed by atoms with Gasteiger partial charge in [0.15, 0.2) is 0 Å². The van der Waals surface area contributed by atoms with Gasteiger partial charge in [-0.15, -0.1) is 24.3 Å². The third kappa shape index (κ3) is 9.28. The van der Waals surface area contributed by atoms with Crippen LogP contribution in [0.4, 0.5) is 17.6 Å². The molecule has 4 aromatic carbocycles. The Kier molecular flexibility index (Phi) is 11.8. The summed E-state index contributed by atoms with van der Waals surface area (Å²) in [7, 11) is 0. The maximum absolute atomic E-state index is 12.8. The van der Waals surface area contributed by atoms with E-state index in [1.165, 1.54) is 48.5 Å². The van der Waals surface area contributed by atoms with E-state index in [-0.39, 0.29) is 43.4 Å². The summed E-state index contributed by atoms with van der Waals surface area (Å²) in [5.74, 6) is -0.762. The summed E-state index contributed by atoms with van der Waals surface area (Å²) in [6.07, 6.45) is 14.9. The van der Waals surface area contributed by atoms with E-state index in [1.807, 2.05) is 12.1 Å². The van der Waals surface area contributed by atoms with E-state index in [2.05, 4.69) is 50.4 Å². The van der Waals surface area contributed by atoms with Crippen molar-refractivity contribution in [2.75, 3.05) is 0 Å². The second kappa shape index (κ2) is 16.8. The third-order valence-corrected chi connectivity index (χ3v) is 6.62. The van der Waals surface area contributed by atoms with Crippen molar-refractivity contribution >= 4 is 0 Å². The fourth-order valence-corrected chi connectivity index (χ4v) is 4.23. The molecule has 0 bridgehead atoms. The number of imidazole rings is 2. The molecule has 0 aliphatic rings. The molecule has 0 aliphatic carbocycles. The first-order valence-electron chi connectivity index (χ1n) is 14.4. The molecule has 50 heavy (non-hydrogen) atoms. The average molecular weight is 849 g/mol. The summed E-state index contributed by atoms with van der Waals surface area (Å²) in [4.78, 5) is 4.02. The Morgan fingerprint density at radius 2 is 1.10 bits per heavy atom. The van der Waals surface area contributed by atoms with Crippen molar-refractivity contribution in [2.45, 2.75) is 0 Å². The molecular formula is C36H22F4IrN9-3. The Morgan fingerprint density at radius 3 is 1.50 bits per heavy atom. The van der Waals surface area contributed by atoms with Crippen LogP contribution in [-0.4, -0.2) is 29.6 Å². The molecule has 0 saturated heterocycles. The number of benzene rings is 4. The fraction of sp³-hybridized carbons (Fsp3) is 0. The van der Waals surface area contributed by atoms with Crippen LogP contribution >= 0.6 is 0 Å². The van der Waals surface area contributed by atoms with E-state index in [1.54, 1.807) is 91.7 Å². The minimum absolute atomic E-state index is 0. The minimum Gasteiger partial charge on any atom is -0.329 e. The number of aromatic nitrogens is 9. The van der Waals surface area contributed by atoms with Crippen LogP contribution in [-0.2, 0) is 20.1 Å². The molecule has 8 rings (SSSR count). The van der Waals surface area contributed by atoms with Gasteiger partial charge in [0.2, 0.25) is 0 Å². The molecule has 0 unspecified atom stereocenters. The Labute approximate surface area is 297 Å². The second-order valence-corrected chi connectivity index (χ2v) is 9.93. The van der Waals surface area contributed by atoms with E-state index in [0.29, 0.717) is 22.9 Å². The van der Waals surface area contributed by atoms with Crippen LogP contribution < -0.4 is 14.2 Å². The van der Waals surface area contributed by atoms with Gasteiger partial charge in [-0.2, -0.15) is 29.5 Å². The van der Waals surface area contributed by atoms with E-state index >= 15 is 0 Å². The number of hydrogen-bond acceptors (Lipinski definition) is 4. The largest absolute Gasteiger partial charge is 0.329 e. The number of tetrazole rings is 1. The summed E-state index contributed by atoms with van der Waals surface area (Å²) in [6.45, 7) is 0. The molecule has 0 amide bonds. The predicted molar refractivity (Wildman–Crippen MR) is 166 cm³/mol. The molecule has 14 heteroatoms. The molecule has 0 spiro atoms. The zero-order valence-corrected chi connectivity index (χ0v) is 28.0. The van der Waals surface area contributed by atoms with Gasteiger partial charge in [0.25, 0.3) is 12.7 Å². The number of rotatable bonds is 5. The summed E-state index contributed by atoms with van der Waals surface area (Å²) >= 11 is 0. The summed E-state index contributed by atoms with van der Waals surface area (Å²) in [5, 5.41) is 14.0. The normalized spacial score (nSPS) is 10.2. The Bertz CT molecular complexity index is 1940. The predicted octanol–water partition coefficient (Wildman–Crippen LogP) is 5.15. The van der Waals surface area contributed by atoms with E-state index in [0.717, 1.165) is 11.4 Å². The summed E-state index contributed by atoms with van der Waals surface area (Å²) in [6, 6.07) is 31.8. The molecule has 4 heterocycles. The van der Waals surface area contributed by atoms with Gasteiger partial charge in [-0.25, -0.2) is 8.78 Å². The molecule has 0 fully saturated rings. The summed E-state index contributed by atoms with van der Waals surface area (Å²) < 4.78 is 58.1. The number of pyridine rings is 1. The fourth-order valence-electron chi connectivity index (χ4n) is 4.23. The van der Waals surface area contributed by atoms with Crippen molar-refractivity contribution in [3.63, 3.8) is 0 Å². The van der Waals surface area contributed by atoms with E-state index in [9.17, 15) is 17.6 Å². The SMILES string of the molecule is Fc1c[c-]c(-n2[c-][n+](-c3ccc(F)cc3)cc2)cc1.Fc1c[c-]c(-n2[c-][n+](-c3ccc(F)cc3)cc2)cc1.[Ir].c1ccc(-c2nnn[n-]2)nc1. The van der Waals surface area contributed by atoms with Gasteiger partial charge >= 0.3 is 0 Å². The molecular weight excluding hydrogens is 827 g/mol. The van der Waals surface area contributed by atoms with Gasteiger partial charge in [-0.05, 0) is 72.0 Å². The molecule has 4 aromatic heterocycles. The Hall–Kier alpha value is -6.11. The van der Waals surface area contributed by atoms with Gasteiger partial charge in [-0.3, -0.25) is 33.2 Å². The summed E-state index contributed by atoms with van der Waals surface area (Å²) in [5.41, 5.74) is 3.64. The zero-order chi connectivity index (χ0) is 34.0. The quantitative estimate of drug-likeness (QED) is 0.136. The maximum atomic E-state index is 12.8. The Balaban J connectivity index is 0.000000150. The molecule has 0 saturated carbocycles. The van der Waals surface area contributed by atoms with Gasteiger partial charge in [0.1, 0.15) is 11.6 Å². The molecule has 1 radical (unpaired) electrons. The van der Waals surface area contributed by atoms with Gasteiger partial charge in [0, 0.05) is 62.7 Å². The number of hydrogen-bond donors (Lipinski definition) is 0. The smallest absolute Gasteiger partial charge is 0.267 e. The number of halogens is 4. The molecule has 0 aliphatic heterocycles. The first-order chi connectivity index (χ1) is 23.9. The van der Waals surface area contributed by atoms with E-state index < -0.39 is 0 Å². The van der Waals surface area contributed by atoms with Crippen molar-refractivity contribution in [1.82, 2.24) is 34.7 Å². The van der Waals surface area contributed by atoms with Crippen LogP contribution in [0.25, 0.3) is 34.3 Å². The van der Waals surface area contributed by atoms with Crippen LogP contribution in [0.1, 0.15) is 0 Å². The first-order valence-corrected chi connectivity index (χ1v) is 14.4. The standard InChI is InChI=1S/2C15H9F2N2.C6H4N5.Ir/c2*16-12-1-5-14(6-2-12)18-9-10-19(11-18)15-7-3-13(17)4-8-15;1-2-4-7-5(3-1)6-8-10-11-9-6;/h2*1-7,9-10H;1-4H;/q3*-1;. The molecule has 8 aromatic rings. The molecule has 0 atom stereocenters. The zero-order valence-electron chi connectivity index (χ0n) is 25.6. The third-order valence-electron chi connectivity index (χ3n) is 6.62. The van der Waals surface area contributed by atoms with Gasteiger partial charge in [-0.1, -0.05) is 6.07 Å². The molecule has 251 valence electrons. The van der Waals surface area contributed by atoms with Gasteiger partial charge in [0.05, 0.1) is 22.9 Å². The van der Waals surface area contributed by atoms with Gasteiger partial charge < -0.3 is 14.2 Å². The first kappa shape index (κ1) is 35.2. The van der Waals surface area contributed by atoms with Crippen LogP contribution in [0.2, 0.25) is 0 Å². The maximum Gasteiger partial charge on any atom is 0.267 e. The van der Waals surface area contributed by atoms with Crippen molar-refractivity contribution in [1.29, 1.82) is 0 Å². The van der Waals surface area contributed by atoms with Crippen molar-refractivity contribution < 1.29 is 46.8 Å². The Morgan fingerprint density at radius 1 is 0.600 bits per heavy atom. The van der Waals surface area contributed by atoms with Crippen LogP contribution in [0.5, 0.6) is 0 Å². The van der Waals surface area contributed by atoms with Crippen molar-refractivity contribution in [2.24, 2.45) is 0 Å². The van der Waals surface area contributed by atoms with E-state index in [4.69, 9.17) is 0 Å². The van der Waals surface area contributed by atoms with Crippen LogP contribution in [0, 0.1) is 48.1 Å². The van der Waals surface area contributed by atoms with Crippen molar-refractivity contribution in [3.05, 3.63) is 182 Å². The molecule has 9 nitrogen and oxygen atoms in total. The second-order valence-electron chi connectivity index (χ2n) is 9.93. The monoisotopic (exact) mass is 849 g/mol. The average Bonchev–Trinajstić information content (AvgIpc) is 3.94. The topological polar surface area (TPSA) is 83.3 Å².